The van der Waals surface area contributed by atoms with Gasteiger partial charge in [0.25, 0.3) is 5.56 Å². The number of H-pyrrole nitrogens is 1. The molecule has 2 aliphatic rings. The van der Waals surface area contributed by atoms with Gasteiger partial charge in [0, 0.05) is 37.5 Å². The van der Waals surface area contributed by atoms with Crippen LogP contribution in [0.15, 0.2) is 23.0 Å². The largest absolute Gasteiger partial charge is 0.493 e. The first kappa shape index (κ1) is 19.0. The molecule has 1 aliphatic carbocycles. The number of para-hydroxylation sites is 1. The highest BCUT2D eigenvalue weighted by molar-refractivity contribution is 5.46. The second-order valence-electron chi connectivity index (χ2n) is 7.82. The molecule has 1 saturated carbocycles. The molecule has 28 heavy (non-hydrogen) atoms. The van der Waals surface area contributed by atoms with Crippen LogP contribution in [0.3, 0.4) is 0 Å². The van der Waals surface area contributed by atoms with Crippen LogP contribution in [0.2, 0.25) is 0 Å². The van der Waals surface area contributed by atoms with E-state index < -0.39 is 0 Å². The van der Waals surface area contributed by atoms with Gasteiger partial charge in [-0.1, -0.05) is 31.4 Å². The average Bonchev–Trinajstić information content (AvgIpc) is 2.74. The van der Waals surface area contributed by atoms with E-state index in [-0.39, 0.29) is 5.56 Å². The summed E-state index contributed by atoms with van der Waals surface area (Å²) in [7, 11) is 3.31. The van der Waals surface area contributed by atoms with Gasteiger partial charge in [-0.05, 0) is 18.9 Å². The van der Waals surface area contributed by atoms with Crippen LogP contribution >= 0.6 is 0 Å². The number of aromatic nitrogens is 2. The molecule has 2 heterocycles. The van der Waals surface area contributed by atoms with Crippen LogP contribution in [0.25, 0.3) is 0 Å². The SMILES string of the molecule is COc1cccc(CN2CCc3nc(C4CCCCC4)[nH]c(=O)c3C2)c1OC. The maximum Gasteiger partial charge on any atom is 0.255 e. The van der Waals surface area contributed by atoms with Crippen molar-refractivity contribution in [3.8, 4) is 11.5 Å². The molecule has 0 amide bonds. The van der Waals surface area contributed by atoms with Gasteiger partial charge in [-0.15, -0.1) is 0 Å². The maximum atomic E-state index is 12.8. The Morgan fingerprint density at radius 1 is 1.18 bits per heavy atom. The maximum absolute atomic E-state index is 12.8. The molecule has 1 aliphatic heterocycles. The van der Waals surface area contributed by atoms with Crippen LogP contribution in [0.1, 0.15) is 60.7 Å². The van der Waals surface area contributed by atoms with Crippen LogP contribution in [0, 0.1) is 0 Å². The minimum absolute atomic E-state index is 0.0351. The van der Waals surface area contributed by atoms with E-state index in [1.54, 1.807) is 14.2 Å². The lowest BCUT2D eigenvalue weighted by Crippen LogP contribution is -2.36. The normalized spacial score (nSPS) is 17.9. The third kappa shape index (κ3) is 3.78. The molecule has 1 aromatic heterocycles. The number of fused-ring (bicyclic) bond motifs is 1. The average molecular weight is 383 g/mol. The highest BCUT2D eigenvalue weighted by atomic mass is 16.5. The number of aromatic amines is 1. The first-order valence-electron chi connectivity index (χ1n) is 10.2. The van der Waals surface area contributed by atoms with E-state index in [1.165, 1.54) is 19.3 Å². The number of rotatable bonds is 5. The van der Waals surface area contributed by atoms with Crippen molar-refractivity contribution in [2.24, 2.45) is 0 Å². The van der Waals surface area contributed by atoms with Gasteiger partial charge < -0.3 is 14.5 Å². The van der Waals surface area contributed by atoms with Crippen LogP contribution in [-0.4, -0.2) is 35.6 Å². The topological polar surface area (TPSA) is 67.5 Å². The van der Waals surface area contributed by atoms with Crippen LogP contribution in [0.4, 0.5) is 0 Å². The zero-order chi connectivity index (χ0) is 19.5. The van der Waals surface area contributed by atoms with Gasteiger partial charge in [-0.25, -0.2) is 4.98 Å². The van der Waals surface area contributed by atoms with Crippen molar-refractivity contribution in [2.45, 2.75) is 57.5 Å². The quantitative estimate of drug-likeness (QED) is 0.857. The lowest BCUT2D eigenvalue weighted by molar-refractivity contribution is 0.236. The van der Waals surface area contributed by atoms with Gasteiger partial charge in [0.15, 0.2) is 11.5 Å². The molecule has 150 valence electrons. The standard InChI is InChI=1S/C22H29N3O3/c1-27-19-10-6-9-16(20(19)28-2)13-25-12-11-18-17(14-25)22(26)24-21(23-18)15-7-4-3-5-8-15/h6,9-10,15H,3-5,7-8,11-14H2,1-2H3,(H,23,24,26). The zero-order valence-corrected chi connectivity index (χ0v) is 16.8. The van der Waals surface area contributed by atoms with E-state index in [0.29, 0.717) is 19.0 Å². The fourth-order valence-corrected chi connectivity index (χ4v) is 4.52. The number of hydrogen-bond acceptors (Lipinski definition) is 5. The molecule has 0 spiro atoms. The monoisotopic (exact) mass is 383 g/mol. The third-order valence-electron chi connectivity index (χ3n) is 6.04. The van der Waals surface area contributed by atoms with Crippen molar-refractivity contribution >= 4 is 0 Å². The minimum Gasteiger partial charge on any atom is -0.493 e. The summed E-state index contributed by atoms with van der Waals surface area (Å²) in [5.41, 5.74) is 2.90. The zero-order valence-electron chi connectivity index (χ0n) is 16.8. The van der Waals surface area contributed by atoms with Gasteiger partial charge in [-0.2, -0.15) is 0 Å². The van der Waals surface area contributed by atoms with E-state index in [4.69, 9.17) is 14.5 Å². The number of hydrogen-bond donors (Lipinski definition) is 1. The highest BCUT2D eigenvalue weighted by Crippen LogP contribution is 2.33. The number of benzene rings is 1. The summed E-state index contributed by atoms with van der Waals surface area (Å²) in [6.07, 6.45) is 6.87. The number of ether oxygens (including phenoxy) is 2. The predicted molar refractivity (Wildman–Crippen MR) is 108 cm³/mol. The summed E-state index contributed by atoms with van der Waals surface area (Å²) in [4.78, 5) is 23.0. The Morgan fingerprint density at radius 3 is 2.75 bits per heavy atom. The number of nitrogens with one attached hydrogen (secondary N) is 1. The molecular weight excluding hydrogens is 354 g/mol. The molecule has 2 aromatic rings. The van der Waals surface area contributed by atoms with Crippen molar-refractivity contribution in [2.75, 3.05) is 20.8 Å². The lowest BCUT2D eigenvalue weighted by atomic mass is 9.88. The Balaban J connectivity index is 1.53. The second kappa shape index (κ2) is 8.35. The van der Waals surface area contributed by atoms with Crippen molar-refractivity contribution < 1.29 is 9.47 Å². The Labute approximate surface area is 165 Å². The Bertz CT molecular complexity index is 887. The number of methoxy groups -OCH3 is 2. The molecule has 1 fully saturated rings. The molecule has 4 rings (SSSR count). The van der Waals surface area contributed by atoms with Gasteiger partial charge in [0.1, 0.15) is 5.82 Å². The summed E-state index contributed by atoms with van der Waals surface area (Å²) in [5, 5.41) is 0. The van der Waals surface area contributed by atoms with Crippen LogP contribution < -0.4 is 15.0 Å². The molecule has 0 atom stereocenters. The van der Waals surface area contributed by atoms with Gasteiger partial charge in [-0.3, -0.25) is 9.69 Å². The van der Waals surface area contributed by atoms with E-state index in [0.717, 1.165) is 60.0 Å². The minimum atomic E-state index is 0.0351. The van der Waals surface area contributed by atoms with E-state index in [2.05, 4.69) is 9.88 Å². The van der Waals surface area contributed by atoms with Crippen molar-refractivity contribution in [1.29, 1.82) is 0 Å². The summed E-state index contributed by atoms with van der Waals surface area (Å²) < 4.78 is 11.0. The van der Waals surface area contributed by atoms with Crippen molar-refractivity contribution in [3.05, 3.63) is 51.2 Å². The summed E-state index contributed by atoms with van der Waals surface area (Å²) in [6.45, 7) is 2.21. The molecule has 1 N–H and O–H groups in total. The van der Waals surface area contributed by atoms with Crippen LogP contribution in [0.5, 0.6) is 11.5 Å². The van der Waals surface area contributed by atoms with Crippen molar-refractivity contribution in [3.63, 3.8) is 0 Å². The predicted octanol–water partition coefficient (Wildman–Crippen LogP) is 3.39. The Hall–Kier alpha value is -2.34. The molecular formula is C22H29N3O3. The Kier molecular flexibility index (Phi) is 5.67. The highest BCUT2D eigenvalue weighted by Gasteiger charge is 2.25. The summed E-state index contributed by atoms with van der Waals surface area (Å²) in [5.74, 6) is 2.82. The second-order valence-corrected chi connectivity index (χ2v) is 7.82. The van der Waals surface area contributed by atoms with Gasteiger partial charge in [0.2, 0.25) is 0 Å². The third-order valence-corrected chi connectivity index (χ3v) is 6.04. The van der Waals surface area contributed by atoms with Gasteiger partial charge >= 0.3 is 0 Å². The Morgan fingerprint density at radius 2 is 2.00 bits per heavy atom. The van der Waals surface area contributed by atoms with Crippen LogP contribution in [-0.2, 0) is 19.5 Å². The van der Waals surface area contributed by atoms with Crippen molar-refractivity contribution in [1.82, 2.24) is 14.9 Å². The fraction of sp³-hybridized carbons (Fsp3) is 0.545. The molecule has 0 bridgehead atoms. The van der Waals surface area contributed by atoms with E-state index >= 15 is 0 Å². The molecule has 0 unspecified atom stereocenters. The summed E-state index contributed by atoms with van der Waals surface area (Å²) >= 11 is 0. The van der Waals surface area contributed by atoms with Gasteiger partial charge in [0.05, 0.1) is 25.5 Å². The molecule has 0 saturated heterocycles. The lowest BCUT2D eigenvalue weighted by Gasteiger charge is -2.29. The molecule has 6 nitrogen and oxygen atoms in total. The van der Waals surface area contributed by atoms with E-state index in [9.17, 15) is 4.79 Å². The number of nitrogens with zero attached hydrogens (tertiary/aromatic N) is 2. The first-order valence-corrected chi connectivity index (χ1v) is 10.2. The smallest absolute Gasteiger partial charge is 0.255 e. The van der Waals surface area contributed by atoms with E-state index in [1.807, 2.05) is 18.2 Å². The molecule has 6 heteroatoms. The summed E-state index contributed by atoms with van der Waals surface area (Å²) in [6, 6.07) is 5.92. The molecule has 0 radical (unpaired) electrons. The molecule has 1 aromatic carbocycles. The fourth-order valence-electron chi connectivity index (χ4n) is 4.52. The first-order chi connectivity index (χ1) is 13.7.